The third kappa shape index (κ3) is 3.87. The lowest BCUT2D eigenvalue weighted by molar-refractivity contribution is -0.136. The Kier molecular flexibility index (Phi) is 6.01. The largest absolute Gasteiger partial charge is 0.376 e. The van der Waals surface area contributed by atoms with E-state index in [1.165, 1.54) is 18.2 Å². The number of carbonyl (C=O) groups excluding carboxylic acids is 1. The Morgan fingerprint density at radius 3 is 2.54 bits per heavy atom. The fourth-order valence-corrected chi connectivity index (χ4v) is 5.36. The standard InChI is InChI=1S/C20H29NO2S/c1-21-13-12-16(14-21)15-24-19(22)20(23,17-8-4-2-5-9-17)18-10-6-3-7-11-18/h2,4-5,8-9,16,18,23H,3,6-7,10-15H2,1H3. The summed E-state index contributed by atoms with van der Waals surface area (Å²) in [6, 6.07) is 9.61. The Labute approximate surface area is 149 Å². The maximum Gasteiger partial charge on any atom is 0.225 e. The van der Waals surface area contributed by atoms with E-state index in [0.29, 0.717) is 5.92 Å². The zero-order valence-electron chi connectivity index (χ0n) is 14.6. The maximum atomic E-state index is 13.1. The Morgan fingerprint density at radius 2 is 1.92 bits per heavy atom. The van der Waals surface area contributed by atoms with Gasteiger partial charge in [0.25, 0.3) is 0 Å². The van der Waals surface area contributed by atoms with Crippen molar-refractivity contribution in [3.63, 3.8) is 0 Å². The van der Waals surface area contributed by atoms with Gasteiger partial charge in [-0.15, -0.1) is 0 Å². The molecule has 1 saturated carbocycles. The maximum absolute atomic E-state index is 13.1. The number of thioether (sulfide) groups is 1. The van der Waals surface area contributed by atoms with Gasteiger partial charge in [0.15, 0.2) is 5.60 Å². The number of rotatable bonds is 5. The molecule has 0 spiro atoms. The highest BCUT2D eigenvalue weighted by atomic mass is 32.2. The molecule has 3 nitrogen and oxygen atoms in total. The van der Waals surface area contributed by atoms with Crippen molar-refractivity contribution >= 4 is 16.9 Å². The van der Waals surface area contributed by atoms with Crippen LogP contribution in [-0.4, -0.2) is 41.0 Å². The Hall–Kier alpha value is -0.840. The number of likely N-dealkylation sites (tertiary alicyclic amines) is 1. The van der Waals surface area contributed by atoms with Crippen LogP contribution in [0.1, 0.15) is 44.1 Å². The summed E-state index contributed by atoms with van der Waals surface area (Å²) < 4.78 is 0. The Morgan fingerprint density at radius 1 is 1.21 bits per heavy atom. The number of hydrogen-bond acceptors (Lipinski definition) is 4. The molecule has 2 aliphatic rings. The molecule has 0 amide bonds. The molecule has 132 valence electrons. The summed E-state index contributed by atoms with van der Waals surface area (Å²) in [6.45, 7) is 2.18. The lowest BCUT2D eigenvalue weighted by atomic mass is 9.74. The molecule has 24 heavy (non-hydrogen) atoms. The van der Waals surface area contributed by atoms with E-state index in [1.54, 1.807) is 0 Å². The van der Waals surface area contributed by atoms with Crippen LogP contribution in [0.3, 0.4) is 0 Å². The SMILES string of the molecule is CN1CCC(CSC(=O)C(O)(c2ccccc2)C2CCCCC2)C1. The molecule has 2 atom stereocenters. The van der Waals surface area contributed by atoms with Gasteiger partial charge in [0, 0.05) is 12.3 Å². The first-order valence-electron chi connectivity index (χ1n) is 9.24. The fourth-order valence-electron chi connectivity index (χ4n) is 4.20. The third-order valence-corrected chi connectivity index (χ3v) is 6.87. The predicted molar refractivity (Wildman–Crippen MR) is 100.0 cm³/mol. The van der Waals surface area contributed by atoms with Crippen LogP contribution in [-0.2, 0) is 10.4 Å². The number of nitrogens with zero attached hydrogens (tertiary/aromatic N) is 1. The van der Waals surface area contributed by atoms with Gasteiger partial charge >= 0.3 is 0 Å². The topological polar surface area (TPSA) is 40.5 Å². The Bertz CT molecular complexity index is 544. The minimum atomic E-state index is -1.32. The molecule has 1 aromatic carbocycles. The second-order valence-corrected chi connectivity index (χ2v) is 8.48. The van der Waals surface area contributed by atoms with Gasteiger partial charge in [-0.2, -0.15) is 0 Å². The van der Waals surface area contributed by atoms with Gasteiger partial charge in [-0.1, -0.05) is 61.4 Å². The zero-order valence-corrected chi connectivity index (χ0v) is 15.4. The van der Waals surface area contributed by atoms with E-state index < -0.39 is 5.60 Å². The monoisotopic (exact) mass is 347 g/mol. The molecular weight excluding hydrogens is 318 g/mol. The van der Waals surface area contributed by atoms with Crippen molar-refractivity contribution < 1.29 is 9.90 Å². The number of hydrogen-bond donors (Lipinski definition) is 1. The zero-order chi connectivity index (χ0) is 17.0. The molecule has 0 aromatic heterocycles. The van der Waals surface area contributed by atoms with Crippen LogP contribution in [0, 0.1) is 11.8 Å². The van der Waals surface area contributed by atoms with Crippen LogP contribution in [0.2, 0.25) is 0 Å². The smallest absolute Gasteiger partial charge is 0.225 e. The van der Waals surface area contributed by atoms with Crippen LogP contribution in [0.4, 0.5) is 0 Å². The number of carbonyl (C=O) groups is 1. The van der Waals surface area contributed by atoms with E-state index >= 15 is 0 Å². The van der Waals surface area contributed by atoms with E-state index in [9.17, 15) is 9.90 Å². The van der Waals surface area contributed by atoms with Crippen LogP contribution >= 0.6 is 11.8 Å². The lowest BCUT2D eigenvalue weighted by Crippen LogP contribution is -2.43. The molecule has 2 fully saturated rings. The third-order valence-electron chi connectivity index (χ3n) is 5.66. The van der Waals surface area contributed by atoms with Gasteiger partial charge in [-0.05, 0) is 50.3 Å². The molecule has 3 rings (SSSR count). The van der Waals surface area contributed by atoms with Crippen molar-refractivity contribution in [3.8, 4) is 0 Å². The van der Waals surface area contributed by atoms with Crippen molar-refractivity contribution in [1.29, 1.82) is 0 Å². The van der Waals surface area contributed by atoms with E-state index in [2.05, 4.69) is 11.9 Å². The summed E-state index contributed by atoms with van der Waals surface area (Å²) in [4.78, 5) is 15.4. The van der Waals surface area contributed by atoms with Crippen molar-refractivity contribution in [2.45, 2.75) is 44.1 Å². The Balaban J connectivity index is 1.74. The lowest BCUT2D eigenvalue weighted by Gasteiger charge is -2.37. The predicted octanol–water partition coefficient (Wildman–Crippen LogP) is 3.67. The first kappa shape index (κ1) is 18.0. The molecule has 4 heteroatoms. The van der Waals surface area contributed by atoms with Gasteiger partial charge in [0.1, 0.15) is 0 Å². The second-order valence-electron chi connectivity index (χ2n) is 7.48. The molecular formula is C20H29NO2S. The minimum absolute atomic E-state index is 0.0462. The van der Waals surface area contributed by atoms with Crippen LogP contribution in [0.5, 0.6) is 0 Å². The van der Waals surface area contributed by atoms with Gasteiger partial charge in [-0.3, -0.25) is 4.79 Å². The summed E-state index contributed by atoms with van der Waals surface area (Å²) in [5.74, 6) is 1.45. The molecule has 0 radical (unpaired) electrons. The average molecular weight is 348 g/mol. The minimum Gasteiger partial charge on any atom is -0.376 e. The first-order chi connectivity index (χ1) is 11.6. The van der Waals surface area contributed by atoms with Crippen LogP contribution in [0.25, 0.3) is 0 Å². The number of benzene rings is 1. The first-order valence-corrected chi connectivity index (χ1v) is 10.2. The van der Waals surface area contributed by atoms with E-state index in [1.807, 2.05) is 30.3 Å². The van der Waals surface area contributed by atoms with Crippen molar-refractivity contribution in [2.75, 3.05) is 25.9 Å². The molecule has 1 saturated heterocycles. The highest BCUT2D eigenvalue weighted by Crippen LogP contribution is 2.42. The highest BCUT2D eigenvalue weighted by Gasteiger charge is 2.45. The molecule has 0 bridgehead atoms. The van der Waals surface area contributed by atoms with E-state index in [-0.39, 0.29) is 11.0 Å². The molecule has 1 heterocycles. The quantitative estimate of drug-likeness (QED) is 0.882. The molecule has 1 aliphatic heterocycles. The van der Waals surface area contributed by atoms with E-state index in [0.717, 1.165) is 56.5 Å². The van der Waals surface area contributed by atoms with Crippen LogP contribution in [0.15, 0.2) is 30.3 Å². The molecule has 1 N–H and O–H groups in total. The van der Waals surface area contributed by atoms with Gasteiger partial charge < -0.3 is 10.0 Å². The molecule has 1 aliphatic carbocycles. The van der Waals surface area contributed by atoms with Crippen molar-refractivity contribution in [1.82, 2.24) is 4.90 Å². The van der Waals surface area contributed by atoms with E-state index in [4.69, 9.17) is 0 Å². The fraction of sp³-hybridized carbons (Fsp3) is 0.650. The molecule has 1 aromatic rings. The highest BCUT2D eigenvalue weighted by molar-refractivity contribution is 8.13. The van der Waals surface area contributed by atoms with Gasteiger partial charge in [-0.25, -0.2) is 0 Å². The van der Waals surface area contributed by atoms with Crippen LogP contribution < -0.4 is 0 Å². The summed E-state index contributed by atoms with van der Waals surface area (Å²) >= 11 is 1.36. The summed E-state index contributed by atoms with van der Waals surface area (Å²) in [7, 11) is 2.13. The second kappa shape index (κ2) is 8.03. The summed E-state index contributed by atoms with van der Waals surface area (Å²) in [6.07, 6.45) is 6.51. The normalized spacial score (nSPS) is 25.5. The summed E-state index contributed by atoms with van der Waals surface area (Å²) in [5, 5.41) is 11.5. The summed E-state index contributed by atoms with van der Waals surface area (Å²) in [5.41, 5.74) is -0.547. The van der Waals surface area contributed by atoms with Gasteiger partial charge in [0.05, 0.1) is 0 Å². The van der Waals surface area contributed by atoms with Gasteiger partial charge in [0.2, 0.25) is 5.12 Å². The van der Waals surface area contributed by atoms with Crippen molar-refractivity contribution in [3.05, 3.63) is 35.9 Å². The van der Waals surface area contributed by atoms with Crippen molar-refractivity contribution in [2.24, 2.45) is 11.8 Å². The average Bonchev–Trinajstić information content (AvgIpc) is 3.05. The number of aliphatic hydroxyl groups is 1. The molecule has 2 unspecified atom stereocenters.